The van der Waals surface area contributed by atoms with Gasteiger partial charge < -0.3 is 28.4 Å². The maximum atomic E-state index is 6.19. The lowest BCUT2D eigenvalue weighted by Gasteiger charge is -2.25. The molecule has 3 heterocycles. The van der Waals surface area contributed by atoms with E-state index < -0.39 is 0 Å². The van der Waals surface area contributed by atoms with Gasteiger partial charge in [0.1, 0.15) is 24.4 Å². The minimum Gasteiger partial charge on any atom is -0.350 e. The molecule has 0 spiro atoms. The van der Waals surface area contributed by atoms with Crippen molar-refractivity contribution in [2.45, 2.75) is 84.8 Å². The van der Waals surface area contributed by atoms with Gasteiger partial charge in [-0.1, -0.05) is 41.5 Å². The van der Waals surface area contributed by atoms with Crippen molar-refractivity contribution in [1.29, 1.82) is 0 Å². The van der Waals surface area contributed by atoms with E-state index in [0.717, 1.165) is 0 Å². The van der Waals surface area contributed by atoms with Crippen molar-refractivity contribution in [2.75, 3.05) is 13.2 Å². The molecule has 0 aromatic rings. The van der Waals surface area contributed by atoms with Gasteiger partial charge in [-0.25, -0.2) is 0 Å². The predicted octanol–water partition coefficient (Wildman–Crippen LogP) is 2.55. The van der Waals surface area contributed by atoms with Crippen molar-refractivity contribution < 1.29 is 28.4 Å². The second-order valence-electron chi connectivity index (χ2n) is 8.05. The quantitative estimate of drug-likeness (QED) is 0.764. The second kappa shape index (κ2) is 7.56. The summed E-state index contributed by atoms with van der Waals surface area (Å²) in [5.41, 5.74) is 0. The van der Waals surface area contributed by atoms with E-state index in [1.165, 1.54) is 0 Å². The highest BCUT2D eigenvalue weighted by molar-refractivity contribution is 4.93. The van der Waals surface area contributed by atoms with Crippen molar-refractivity contribution in [2.24, 2.45) is 17.8 Å². The molecule has 0 N–H and O–H groups in total. The zero-order chi connectivity index (χ0) is 17.4. The van der Waals surface area contributed by atoms with Crippen LogP contribution in [0, 0.1) is 17.8 Å². The summed E-state index contributed by atoms with van der Waals surface area (Å²) in [6.07, 6.45) is -1.26. The van der Waals surface area contributed by atoms with Crippen molar-refractivity contribution in [1.82, 2.24) is 0 Å². The smallest absolute Gasteiger partial charge is 0.161 e. The third-order valence-corrected chi connectivity index (χ3v) is 4.74. The number of rotatable bonds is 5. The lowest BCUT2D eigenvalue weighted by molar-refractivity contribution is -0.129. The normalized spacial score (nSPS) is 43.6. The molecule has 0 amide bonds. The third kappa shape index (κ3) is 3.79. The number of hydrogen-bond donors (Lipinski definition) is 0. The molecule has 3 aliphatic rings. The van der Waals surface area contributed by atoms with Crippen LogP contribution in [0.4, 0.5) is 0 Å². The summed E-state index contributed by atoms with van der Waals surface area (Å²) >= 11 is 0. The Morgan fingerprint density at radius 2 is 0.917 bits per heavy atom. The van der Waals surface area contributed by atoms with E-state index in [1.54, 1.807) is 0 Å². The van der Waals surface area contributed by atoms with Gasteiger partial charge in [0.2, 0.25) is 0 Å². The van der Waals surface area contributed by atoms with Crippen LogP contribution in [0.2, 0.25) is 0 Å². The SMILES string of the molecule is CC(C)C1O[C@@H]([C@H]2CO[C@@H](C(C)C)O2)[C@@H]([C@@H]2CO[C@@H](C(C)C)O2)O1. The molecule has 6 heteroatoms. The molecule has 0 aromatic heterocycles. The Morgan fingerprint density at radius 1 is 0.542 bits per heavy atom. The van der Waals surface area contributed by atoms with E-state index in [4.69, 9.17) is 28.4 Å². The molecular weight excluding hydrogens is 312 g/mol. The van der Waals surface area contributed by atoms with Crippen LogP contribution in [-0.2, 0) is 28.4 Å². The van der Waals surface area contributed by atoms with Gasteiger partial charge in [0, 0.05) is 17.8 Å². The Balaban J connectivity index is 1.68. The molecule has 6 nitrogen and oxygen atoms in total. The van der Waals surface area contributed by atoms with E-state index in [9.17, 15) is 0 Å². The first-order chi connectivity index (χ1) is 11.4. The average molecular weight is 344 g/mol. The van der Waals surface area contributed by atoms with E-state index in [0.29, 0.717) is 25.0 Å². The van der Waals surface area contributed by atoms with Gasteiger partial charge >= 0.3 is 0 Å². The Labute approximate surface area is 145 Å². The highest BCUT2D eigenvalue weighted by Gasteiger charge is 2.51. The first-order valence-electron chi connectivity index (χ1n) is 9.21. The highest BCUT2D eigenvalue weighted by atomic mass is 16.8. The first-order valence-corrected chi connectivity index (χ1v) is 9.21. The van der Waals surface area contributed by atoms with Crippen LogP contribution >= 0.6 is 0 Å². The molecule has 24 heavy (non-hydrogen) atoms. The monoisotopic (exact) mass is 344 g/mol. The molecule has 0 aromatic carbocycles. The van der Waals surface area contributed by atoms with Crippen molar-refractivity contribution in [3.63, 3.8) is 0 Å². The largest absolute Gasteiger partial charge is 0.350 e. The van der Waals surface area contributed by atoms with Gasteiger partial charge in [0.25, 0.3) is 0 Å². The van der Waals surface area contributed by atoms with Crippen LogP contribution in [0.3, 0.4) is 0 Å². The van der Waals surface area contributed by atoms with Gasteiger partial charge in [-0.05, 0) is 0 Å². The van der Waals surface area contributed by atoms with E-state index in [2.05, 4.69) is 41.5 Å². The maximum absolute atomic E-state index is 6.19. The molecule has 0 radical (unpaired) electrons. The van der Waals surface area contributed by atoms with Gasteiger partial charge in [-0.15, -0.1) is 0 Å². The molecule has 3 fully saturated rings. The fourth-order valence-electron chi connectivity index (χ4n) is 3.33. The fraction of sp³-hybridized carbons (Fsp3) is 1.00. The summed E-state index contributed by atoms with van der Waals surface area (Å²) in [7, 11) is 0. The summed E-state index contributed by atoms with van der Waals surface area (Å²) in [5, 5.41) is 0. The second-order valence-corrected chi connectivity index (χ2v) is 8.05. The van der Waals surface area contributed by atoms with Crippen molar-refractivity contribution in [3.05, 3.63) is 0 Å². The third-order valence-electron chi connectivity index (χ3n) is 4.74. The maximum Gasteiger partial charge on any atom is 0.161 e. The fourth-order valence-corrected chi connectivity index (χ4v) is 3.33. The molecule has 1 unspecified atom stereocenters. The average Bonchev–Trinajstić information content (AvgIpc) is 3.24. The zero-order valence-electron chi connectivity index (χ0n) is 15.6. The molecule has 0 bridgehead atoms. The highest BCUT2D eigenvalue weighted by Crippen LogP contribution is 2.36. The summed E-state index contributed by atoms with van der Waals surface area (Å²) in [4.78, 5) is 0. The molecule has 0 aliphatic carbocycles. The molecule has 0 saturated carbocycles. The van der Waals surface area contributed by atoms with E-state index in [1.807, 2.05) is 0 Å². The van der Waals surface area contributed by atoms with Crippen LogP contribution in [0.1, 0.15) is 41.5 Å². The predicted molar refractivity (Wildman–Crippen MR) is 87.3 cm³/mol. The lowest BCUT2D eigenvalue weighted by Crippen LogP contribution is -2.44. The van der Waals surface area contributed by atoms with Gasteiger partial charge in [0.15, 0.2) is 18.9 Å². The van der Waals surface area contributed by atoms with Crippen LogP contribution in [-0.4, -0.2) is 56.5 Å². The van der Waals surface area contributed by atoms with Crippen LogP contribution in [0.5, 0.6) is 0 Å². The zero-order valence-corrected chi connectivity index (χ0v) is 15.6. The Morgan fingerprint density at radius 3 is 1.21 bits per heavy atom. The van der Waals surface area contributed by atoms with E-state index in [-0.39, 0.29) is 49.2 Å². The minimum atomic E-state index is -0.247. The Hall–Kier alpha value is -0.240. The molecule has 7 atom stereocenters. The topological polar surface area (TPSA) is 55.4 Å². The Kier molecular flexibility index (Phi) is 5.84. The van der Waals surface area contributed by atoms with Crippen LogP contribution in [0.25, 0.3) is 0 Å². The summed E-state index contributed by atoms with van der Waals surface area (Å²) < 4.78 is 36.1. The van der Waals surface area contributed by atoms with Crippen LogP contribution in [0.15, 0.2) is 0 Å². The minimum absolute atomic E-state index is 0.132. The van der Waals surface area contributed by atoms with E-state index >= 15 is 0 Å². The van der Waals surface area contributed by atoms with Gasteiger partial charge in [0.05, 0.1) is 13.2 Å². The Bertz CT molecular complexity index is 378. The molecule has 3 saturated heterocycles. The lowest BCUT2D eigenvalue weighted by atomic mass is 10.0. The number of ether oxygens (including phenoxy) is 6. The van der Waals surface area contributed by atoms with Crippen molar-refractivity contribution in [3.8, 4) is 0 Å². The standard InChI is InChI=1S/C18H32O6/c1-9(2)16-19-7-12(21-16)14-15(24-18(23-14)11(5)6)13-8-20-17(22-13)10(3)4/h9-18H,7-8H2,1-6H3/t12-,13+,14+,15-,16-,17-,18?/m1/s1. The van der Waals surface area contributed by atoms with Gasteiger partial charge in [-0.3, -0.25) is 0 Å². The first kappa shape index (κ1) is 18.5. The molecular formula is C18H32O6. The van der Waals surface area contributed by atoms with Crippen molar-refractivity contribution >= 4 is 0 Å². The molecule has 140 valence electrons. The molecule has 3 aliphatic heterocycles. The van der Waals surface area contributed by atoms with Crippen LogP contribution < -0.4 is 0 Å². The summed E-state index contributed by atoms with van der Waals surface area (Å²) in [5.74, 6) is 0.894. The summed E-state index contributed by atoms with van der Waals surface area (Å²) in [6, 6.07) is 0. The summed E-state index contributed by atoms with van der Waals surface area (Å²) in [6.45, 7) is 13.6. The molecule has 3 rings (SSSR count). The van der Waals surface area contributed by atoms with Gasteiger partial charge in [-0.2, -0.15) is 0 Å². The number of hydrogen-bond acceptors (Lipinski definition) is 6.